The Morgan fingerprint density at radius 1 is 1.25 bits per heavy atom. The number of aliphatic hydroxyl groups is 1. The van der Waals surface area contributed by atoms with Gasteiger partial charge >= 0.3 is 0 Å². The van der Waals surface area contributed by atoms with E-state index in [0.717, 1.165) is 0 Å². The second-order valence-electron chi connectivity index (χ2n) is 3.39. The summed E-state index contributed by atoms with van der Waals surface area (Å²) in [7, 11) is 0. The van der Waals surface area contributed by atoms with E-state index in [-0.39, 0.29) is 30.2 Å². The molecule has 1 aliphatic heterocycles. The van der Waals surface area contributed by atoms with Gasteiger partial charge in [0, 0.05) is 12.1 Å². The van der Waals surface area contributed by atoms with E-state index in [1.165, 1.54) is 12.1 Å². The van der Waals surface area contributed by atoms with Crippen molar-refractivity contribution < 1.29 is 23.4 Å². The lowest BCUT2D eigenvalue weighted by molar-refractivity contribution is 0.138. The smallest absolute Gasteiger partial charge is 0.264 e. The molecule has 0 saturated heterocycles. The lowest BCUT2D eigenvalue weighted by atomic mass is 10.0. The van der Waals surface area contributed by atoms with E-state index in [4.69, 9.17) is 15.2 Å². The van der Waals surface area contributed by atoms with Crippen molar-refractivity contribution >= 4 is 0 Å². The van der Waals surface area contributed by atoms with Crippen LogP contribution in [0.3, 0.4) is 0 Å². The van der Waals surface area contributed by atoms with Crippen LogP contribution in [0.1, 0.15) is 23.7 Å². The third kappa shape index (κ3) is 1.81. The summed E-state index contributed by atoms with van der Waals surface area (Å²) in [6.45, 7) is -0.125. The van der Waals surface area contributed by atoms with E-state index < -0.39 is 12.5 Å². The molecule has 0 aromatic heterocycles. The van der Waals surface area contributed by atoms with Crippen molar-refractivity contribution in [2.24, 2.45) is 5.73 Å². The predicted molar refractivity (Wildman–Crippen MR) is 51.5 cm³/mol. The average Bonchev–Trinajstić information content (AvgIpc) is 2.73. The molecule has 1 unspecified atom stereocenters. The number of benzene rings is 1. The van der Waals surface area contributed by atoms with Gasteiger partial charge in [0.15, 0.2) is 11.5 Å². The lowest BCUT2D eigenvalue weighted by Crippen LogP contribution is -2.13. The van der Waals surface area contributed by atoms with Gasteiger partial charge in [-0.25, -0.2) is 8.78 Å². The van der Waals surface area contributed by atoms with Crippen LogP contribution < -0.4 is 15.2 Å². The quantitative estimate of drug-likeness (QED) is 0.824. The van der Waals surface area contributed by atoms with E-state index in [0.29, 0.717) is 5.75 Å². The largest absolute Gasteiger partial charge is 0.454 e. The first-order valence-electron chi connectivity index (χ1n) is 4.73. The minimum absolute atomic E-state index is 0.000184. The first kappa shape index (κ1) is 11.1. The van der Waals surface area contributed by atoms with Gasteiger partial charge < -0.3 is 20.3 Å². The zero-order valence-corrected chi connectivity index (χ0v) is 8.32. The highest BCUT2D eigenvalue weighted by Crippen LogP contribution is 2.39. The molecule has 2 rings (SSSR count). The summed E-state index contributed by atoms with van der Waals surface area (Å²) in [6, 6.07) is 2.53. The fourth-order valence-corrected chi connectivity index (χ4v) is 1.58. The second kappa shape index (κ2) is 4.23. The Balaban J connectivity index is 2.48. The van der Waals surface area contributed by atoms with Crippen LogP contribution in [0.15, 0.2) is 12.1 Å². The highest BCUT2D eigenvalue weighted by molar-refractivity contribution is 5.49. The molecule has 88 valence electrons. The first-order valence-corrected chi connectivity index (χ1v) is 4.73. The standard InChI is InChI=1S/C10H11F2NO3/c11-10(12)6-2-9-8(15-4-16-9)1-5(6)7(14)3-13/h1-2,7,10,14H,3-4,13H2. The Kier molecular flexibility index (Phi) is 2.93. The third-order valence-electron chi connectivity index (χ3n) is 2.40. The van der Waals surface area contributed by atoms with Gasteiger partial charge in [0.25, 0.3) is 6.43 Å². The van der Waals surface area contributed by atoms with Gasteiger partial charge in [-0.15, -0.1) is 0 Å². The molecule has 1 aromatic rings. The molecule has 0 bridgehead atoms. The van der Waals surface area contributed by atoms with Crippen LogP contribution >= 0.6 is 0 Å². The fourth-order valence-electron chi connectivity index (χ4n) is 1.58. The van der Waals surface area contributed by atoms with E-state index in [1.54, 1.807) is 0 Å². The molecule has 0 radical (unpaired) electrons. The van der Waals surface area contributed by atoms with Crippen molar-refractivity contribution in [3.05, 3.63) is 23.3 Å². The molecule has 0 amide bonds. The van der Waals surface area contributed by atoms with E-state index in [1.807, 2.05) is 0 Å². The van der Waals surface area contributed by atoms with Gasteiger partial charge in [-0.1, -0.05) is 0 Å². The summed E-state index contributed by atoms with van der Waals surface area (Å²) in [4.78, 5) is 0. The number of ether oxygens (including phenoxy) is 2. The number of rotatable bonds is 3. The molecule has 6 heteroatoms. The van der Waals surface area contributed by atoms with Crippen LogP contribution in [0.2, 0.25) is 0 Å². The highest BCUT2D eigenvalue weighted by atomic mass is 19.3. The first-order chi connectivity index (χ1) is 7.63. The molecule has 0 fully saturated rings. The molecule has 1 heterocycles. The summed E-state index contributed by atoms with van der Waals surface area (Å²) >= 11 is 0. The Morgan fingerprint density at radius 3 is 2.31 bits per heavy atom. The van der Waals surface area contributed by atoms with Crippen molar-refractivity contribution in [3.8, 4) is 11.5 Å². The molecule has 16 heavy (non-hydrogen) atoms. The minimum Gasteiger partial charge on any atom is -0.454 e. The van der Waals surface area contributed by atoms with Crippen LogP contribution in [-0.2, 0) is 0 Å². The predicted octanol–water partition coefficient (Wildman–Crippen LogP) is 1.34. The van der Waals surface area contributed by atoms with Crippen LogP contribution in [-0.4, -0.2) is 18.4 Å². The van der Waals surface area contributed by atoms with Crippen LogP contribution in [0, 0.1) is 0 Å². The van der Waals surface area contributed by atoms with Crippen molar-refractivity contribution in [2.45, 2.75) is 12.5 Å². The molecule has 4 nitrogen and oxygen atoms in total. The summed E-state index contributed by atoms with van der Waals surface area (Å²) in [5.74, 6) is 0.621. The molecule has 0 saturated carbocycles. The van der Waals surface area contributed by atoms with Gasteiger partial charge in [-0.2, -0.15) is 0 Å². The van der Waals surface area contributed by atoms with Gasteiger partial charge in [-0.3, -0.25) is 0 Å². The SMILES string of the molecule is NCC(O)c1cc2c(cc1C(F)F)OCO2. The number of hydrogen-bond donors (Lipinski definition) is 2. The third-order valence-corrected chi connectivity index (χ3v) is 2.40. The Morgan fingerprint density at radius 2 is 1.81 bits per heavy atom. The van der Waals surface area contributed by atoms with E-state index in [9.17, 15) is 13.9 Å². The number of alkyl halides is 2. The molecule has 1 aliphatic rings. The number of nitrogens with two attached hydrogens (primary N) is 1. The zero-order valence-electron chi connectivity index (χ0n) is 8.32. The van der Waals surface area contributed by atoms with Crippen molar-refractivity contribution in [2.75, 3.05) is 13.3 Å². The maximum absolute atomic E-state index is 12.7. The summed E-state index contributed by atoms with van der Waals surface area (Å²) in [6.07, 6.45) is -3.82. The van der Waals surface area contributed by atoms with Crippen molar-refractivity contribution in [1.29, 1.82) is 0 Å². The molecule has 1 aromatic carbocycles. The molecule has 0 spiro atoms. The Hall–Kier alpha value is -1.40. The van der Waals surface area contributed by atoms with Gasteiger partial charge in [0.1, 0.15) is 0 Å². The normalized spacial score (nSPS) is 15.6. The highest BCUT2D eigenvalue weighted by Gasteiger charge is 2.24. The van der Waals surface area contributed by atoms with Crippen LogP contribution in [0.5, 0.6) is 11.5 Å². The summed E-state index contributed by atoms with van der Waals surface area (Å²) in [5.41, 5.74) is 5.06. The maximum atomic E-state index is 12.7. The van der Waals surface area contributed by atoms with Gasteiger partial charge in [0.05, 0.1) is 6.10 Å². The fraction of sp³-hybridized carbons (Fsp3) is 0.400. The summed E-state index contributed by atoms with van der Waals surface area (Å²) < 4.78 is 35.5. The van der Waals surface area contributed by atoms with Gasteiger partial charge in [-0.05, 0) is 17.7 Å². The monoisotopic (exact) mass is 231 g/mol. The van der Waals surface area contributed by atoms with Crippen LogP contribution in [0.4, 0.5) is 8.78 Å². The molecule has 0 aliphatic carbocycles. The van der Waals surface area contributed by atoms with E-state index >= 15 is 0 Å². The molecule has 1 atom stereocenters. The second-order valence-corrected chi connectivity index (χ2v) is 3.39. The molecule has 3 N–H and O–H groups in total. The Bertz CT molecular complexity index is 398. The van der Waals surface area contributed by atoms with Crippen molar-refractivity contribution in [3.63, 3.8) is 0 Å². The zero-order chi connectivity index (χ0) is 11.7. The van der Waals surface area contributed by atoms with E-state index in [2.05, 4.69) is 0 Å². The average molecular weight is 231 g/mol. The van der Waals surface area contributed by atoms with Crippen LogP contribution in [0.25, 0.3) is 0 Å². The minimum atomic E-state index is -2.69. The molecular weight excluding hydrogens is 220 g/mol. The van der Waals surface area contributed by atoms with Crippen molar-refractivity contribution in [1.82, 2.24) is 0 Å². The summed E-state index contributed by atoms with van der Waals surface area (Å²) in [5, 5.41) is 9.54. The maximum Gasteiger partial charge on any atom is 0.264 e. The van der Waals surface area contributed by atoms with Gasteiger partial charge in [0.2, 0.25) is 6.79 Å². The number of hydrogen-bond acceptors (Lipinski definition) is 4. The number of aliphatic hydroxyl groups excluding tert-OH is 1. The lowest BCUT2D eigenvalue weighted by Gasteiger charge is -2.14. The topological polar surface area (TPSA) is 64.7 Å². The Labute approximate surface area is 90.6 Å². The number of fused-ring (bicyclic) bond motifs is 1. The number of halogens is 2. The molecular formula is C10H11F2NO3.